The zero-order valence-electron chi connectivity index (χ0n) is 8.27. The SMILES string of the molecule is CC(CC(=O)O)Nc1ncccc1C#N. The van der Waals surface area contributed by atoms with Gasteiger partial charge in [0.15, 0.2) is 0 Å². The first-order valence-corrected chi connectivity index (χ1v) is 4.47. The largest absolute Gasteiger partial charge is 0.481 e. The molecule has 1 atom stereocenters. The van der Waals surface area contributed by atoms with Crippen LogP contribution < -0.4 is 5.32 Å². The molecule has 0 aliphatic heterocycles. The minimum Gasteiger partial charge on any atom is -0.481 e. The Bertz CT molecular complexity index is 398. The number of nitrogens with zero attached hydrogens (tertiary/aromatic N) is 2. The first-order chi connectivity index (χ1) is 7.13. The Morgan fingerprint density at radius 2 is 2.53 bits per heavy atom. The summed E-state index contributed by atoms with van der Waals surface area (Å²) in [6.45, 7) is 1.73. The number of aliphatic carboxylic acids is 1. The van der Waals surface area contributed by atoms with Gasteiger partial charge in [0, 0.05) is 12.2 Å². The van der Waals surface area contributed by atoms with Crippen molar-refractivity contribution in [3.63, 3.8) is 0 Å². The summed E-state index contributed by atoms with van der Waals surface area (Å²) in [5.74, 6) is -0.460. The van der Waals surface area contributed by atoms with Gasteiger partial charge in [-0.05, 0) is 19.1 Å². The second-order valence-electron chi connectivity index (χ2n) is 3.15. The van der Waals surface area contributed by atoms with Crippen molar-refractivity contribution in [2.75, 3.05) is 5.32 Å². The maximum atomic E-state index is 10.4. The van der Waals surface area contributed by atoms with E-state index in [4.69, 9.17) is 10.4 Å². The van der Waals surface area contributed by atoms with Gasteiger partial charge in [-0.2, -0.15) is 5.26 Å². The molecule has 1 aromatic rings. The fraction of sp³-hybridized carbons (Fsp3) is 0.300. The highest BCUT2D eigenvalue weighted by atomic mass is 16.4. The number of nitrogens with one attached hydrogen (secondary N) is 1. The Morgan fingerprint density at radius 1 is 1.80 bits per heavy atom. The molecule has 0 bridgehead atoms. The van der Waals surface area contributed by atoms with Gasteiger partial charge in [-0.1, -0.05) is 0 Å². The number of carbonyl (C=O) groups is 1. The Morgan fingerprint density at radius 3 is 3.13 bits per heavy atom. The molecule has 0 aromatic carbocycles. The van der Waals surface area contributed by atoms with Crippen LogP contribution >= 0.6 is 0 Å². The average Bonchev–Trinajstić information content (AvgIpc) is 2.17. The molecule has 0 radical (unpaired) electrons. The summed E-state index contributed by atoms with van der Waals surface area (Å²) < 4.78 is 0. The van der Waals surface area contributed by atoms with Crippen LogP contribution in [-0.4, -0.2) is 22.1 Å². The van der Waals surface area contributed by atoms with Crippen molar-refractivity contribution in [3.05, 3.63) is 23.9 Å². The second kappa shape index (κ2) is 4.96. The van der Waals surface area contributed by atoms with Gasteiger partial charge in [-0.15, -0.1) is 0 Å². The number of pyridine rings is 1. The fourth-order valence-electron chi connectivity index (χ4n) is 1.16. The maximum absolute atomic E-state index is 10.4. The summed E-state index contributed by atoms with van der Waals surface area (Å²) in [4.78, 5) is 14.4. The minimum atomic E-state index is -0.885. The summed E-state index contributed by atoms with van der Waals surface area (Å²) in [6.07, 6.45) is 1.54. The molecule has 0 aliphatic carbocycles. The molecule has 2 N–H and O–H groups in total. The molecule has 1 aromatic heterocycles. The quantitative estimate of drug-likeness (QED) is 0.772. The maximum Gasteiger partial charge on any atom is 0.305 e. The van der Waals surface area contributed by atoms with Crippen molar-refractivity contribution in [2.45, 2.75) is 19.4 Å². The molecule has 0 amide bonds. The van der Waals surface area contributed by atoms with Crippen molar-refractivity contribution in [1.82, 2.24) is 4.98 Å². The number of rotatable bonds is 4. The Hall–Kier alpha value is -2.09. The molecule has 1 heterocycles. The molecule has 15 heavy (non-hydrogen) atoms. The van der Waals surface area contributed by atoms with Gasteiger partial charge in [0.05, 0.1) is 12.0 Å². The summed E-state index contributed by atoms with van der Waals surface area (Å²) in [6, 6.07) is 5.01. The molecule has 5 nitrogen and oxygen atoms in total. The Kier molecular flexibility index (Phi) is 3.63. The predicted octanol–water partition coefficient (Wildman–Crippen LogP) is 1.23. The zero-order valence-corrected chi connectivity index (χ0v) is 8.27. The predicted molar refractivity (Wildman–Crippen MR) is 54.3 cm³/mol. The second-order valence-corrected chi connectivity index (χ2v) is 3.15. The first kappa shape index (κ1) is 11.0. The van der Waals surface area contributed by atoms with Gasteiger partial charge in [0.25, 0.3) is 0 Å². The van der Waals surface area contributed by atoms with Crippen molar-refractivity contribution >= 4 is 11.8 Å². The van der Waals surface area contributed by atoms with E-state index in [2.05, 4.69) is 10.3 Å². The molecule has 1 rings (SSSR count). The lowest BCUT2D eigenvalue weighted by atomic mass is 10.2. The Labute approximate surface area is 87.4 Å². The van der Waals surface area contributed by atoms with E-state index in [1.165, 1.54) is 0 Å². The highest BCUT2D eigenvalue weighted by molar-refractivity contribution is 5.68. The number of hydrogen-bond donors (Lipinski definition) is 2. The van der Waals surface area contributed by atoms with Crippen molar-refractivity contribution in [2.24, 2.45) is 0 Å². The van der Waals surface area contributed by atoms with Gasteiger partial charge < -0.3 is 10.4 Å². The van der Waals surface area contributed by atoms with Crippen LogP contribution in [0, 0.1) is 11.3 Å². The lowest BCUT2D eigenvalue weighted by Crippen LogP contribution is -2.20. The molecule has 0 saturated carbocycles. The van der Waals surface area contributed by atoms with Gasteiger partial charge in [-0.3, -0.25) is 4.79 Å². The van der Waals surface area contributed by atoms with Crippen LogP contribution in [0.25, 0.3) is 0 Å². The van der Waals surface area contributed by atoms with E-state index in [1.807, 2.05) is 6.07 Å². The summed E-state index contributed by atoms with van der Waals surface area (Å²) in [5.41, 5.74) is 0.412. The monoisotopic (exact) mass is 205 g/mol. The molecule has 5 heteroatoms. The molecular weight excluding hydrogens is 194 g/mol. The molecule has 1 unspecified atom stereocenters. The lowest BCUT2D eigenvalue weighted by Gasteiger charge is -2.12. The van der Waals surface area contributed by atoms with E-state index in [-0.39, 0.29) is 12.5 Å². The Balaban J connectivity index is 2.72. The molecule has 0 saturated heterocycles. The van der Waals surface area contributed by atoms with Crippen LogP contribution in [0.4, 0.5) is 5.82 Å². The van der Waals surface area contributed by atoms with Crippen LogP contribution in [0.2, 0.25) is 0 Å². The molecular formula is C10H11N3O2. The standard InChI is InChI=1S/C10H11N3O2/c1-7(5-9(14)15)13-10-8(6-11)3-2-4-12-10/h2-4,7H,5H2,1H3,(H,12,13)(H,14,15). The smallest absolute Gasteiger partial charge is 0.305 e. The average molecular weight is 205 g/mol. The van der Waals surface area contributed by atoms with Gasteiger partial charge >= 0.3 is 5.97 Å². The number of carboxylic acid groups (broad SMARTS) is 1. The van der Waals surface area contributed by atoms with Gasteiger partial charge in [-0.25, -0.2) is 4.98 Å². The number of aromatic nitrogens is 1. The molecule has 0 spiro atoms. The minimum absolute atomic E-state index is 0.0125. The van der Waals surface area contributed by atoms with Crippen molar-refractivity contribution in [3.8, 4) is 6.07 Å². The number of anilines is 1. The summed E-state index contributed by atoms with van der Waals surface area (Å²) in [7, 11) is 0. The van der Waals surface area contributed by atoms with Crippen LogP contribution in [0.5, 0.6) is 0 Å². The van der Waals surface area contributed by atoms with Crippen molar-refractivity contribution < 1.29 is 9.90 Å². The fourth-order valence-corrected chi connectivity index (χ4v) is 1.16. The molecule has 0 aliphatic rings. The number of carboxylic acids is 1. The van der Waals surface area contributed by atoms with Crippen LogP contribution in [0.3, 0.4) is 0 Å². The van der Waals surface area contributed by atoms with Crippen molar-refractivity contribution in [1.29, 1.82) is 5.26 Å². The zero-order chi connectivity index (χ0) is 11.3. The van der Waals surface area contributed by atoms with Crippen LogP contribution in [-0.2, 0) is 4.79 Å². The van der Waals surface area contributed by atoms with E-state index in [1.54, 1.807) is 25.3 Å². The third-order valence-electron chi connectivity index (χ3n) is 1.79. The number of hydrogen-bond acceptors (Lipinski definition) is 4. The third-order valence-corrected chi connectivity index (χ3v) is 1.79. The van der Waals surface area contributed by atoms with E-state index in [0.29, 0.717) is 11.4 Å². The first-order valence-electron chi connectivity index (χ1n) is 4.47. The molecule has 78 valence electrons. The normalized spacial score (nSPS) is 11.5. The summed E-state index contributed by atoms with van der Waals surface area (Å²) in [5, 5.41) is 20.2. The highest BCUT2D eigenvalue weighted by Crippen LogP contribution is 2.11. The van der Waals surface area contributed by atoms with Crippen LogP contribution in [0.15, 0.2) is 18.3 Å². The van der Waals surface area contributed by atoms with E-state index in [0.717, 1.165) is 0 Å². The summed E-state index contributed by atoms with van der Waals surface area (Å²) >= 11 is 0. The van der Waals surface area contributed by atoms with Gasteiger partial charge in [0.2, 0.25) is 0 Å². The van der Waals surface area contributed by atoms with Gasteiger partial charge in [0.1, 0.15) is 11.9 Å². The lowest BCUT2D eigenvalue weighted by molar-refractivity contribution is -0.137. The topological polar surface area (TPSA) is 86.0 Å². The third kappa shape index (κ3) is 3.27. The van der Waals surface area contributed by atoms with Crippen LogP contribution in [0.1, 0.15) is 18.9 Å². The highest BCUT2D eigenvalue weighted by Gasteiger charge is 2.09. The number of nitriles is 1. The van der Waals surface area contributed by atoms with E-state index in [9.17, 15) is 4.79 Å². The van der Waals surface area contributed by atoms with E-state index < -0.39 is 5.97 Å². The molecule has 0 fully saturated rings. The van der Waals surface area contributed by atoms with E-state index >= 15 is 0 Å².